The molecule has 2 aromatic rings. The van der Waals surface area contributed by atoms with E-state index < -0.39 is 17.7 Å². The number of ether oxygens (including phenoxy) is 3. The summed E-state index contributed by atoms with van der Waals surface area (Å²) in [6, 6.07) is 13.1. The van der Waals surface area contributed by atoms with Crippen molar-refractivity contribution in [3.8, 4) is 11.5 Å². The zero-order valence-corrected chi connectivity index (χ0v) is 18.2. The van der Waals surface area contributed by atoms with E-state index in [0.717, 1.165) is 0 Å². The van der Waals surface area contributed by atoms with Gasteiger partial charge in [-0.25, -0.2) is 0 Å². The van der Waals surface area contributed by atoms with Crippen molar-refractivity contribution in [1.29, 1.82) is 0 Å². The zero-order valence-electron chi connectivity index (χ0n) is 18.2. The van der Waals surface area contributed by atoms with E-state index in [9.17, 15) is 14.7 Å². The van der Waals surface area contributed by atoms with Gasteiger partial charge in [0.05, 0.1) is 18.7 Å². The molecule has 0 unspecified atom stereocenters. The smallest absolute Gasteiger partial charge is 0.295 e. The van der Waals surface area contributed by atoms with E-state index >= 15 is 0 Å². The molecule has 1 amide bonds. The van der Waals surface area contributed by atoms with Crippen LogP contribution in [0.25, 0.3) is 5.76 Å². The highest BCUT2D eigenvalue weighted by Gasteiger charge is 2.45. The van der Waals surface area contributed by atoms with Crippen LogP contribution >= 0.6 is 0 Å². The average molecular weight is 437 g/mol. The number of hydrogen-bond donors (Lipinski definition) is 1. The Bertz CT molecular complexity index is 994. The van der Waals surface area contributed by atoms with Crippen molar-refractivity contribution >= 4 is 17.4 Å². The summed E-state index contributed by atoms with van der Waals surface area (Å²) in [5.74, 6) is -0.327. The summed E-state index contributed by atoms with van der Waals surface area (Å²) >= 11 is 0. The maximum Gasteiger partial charge on any atom is 0.295 e. The van der Waals surface area contributed by atoms with E-state index in [1.165, 1.54) is 4.90 Å². The maximum atomic E-state index is 13.0. The number of nitrogens with zero attached hydrogens (tertiary/aromatic N) is 1. The Morgan fingerprint density at radius 1 is 1.06 bits per heavy atom. The predicted octanol–water partition coefficient (Wildman–Crippen LogP) is 3.72. The molecule has 7 heteroatoms. The SMILES string of the molecule is C=CCOc1ccc([C@@H]2/C(=C(\O)c3ccc(OC)cc3)C(=O)C(=O)N2CCCOC)cc1. The maximum absolute atomic E-state index is 13.0. The van der Waals surface area contributed by atoms with Gasteiger partial charge in [0.25, 0.3) is 11.7 Å². The third kappa shape index (κ3) is 4.84. The van der Waals surface area contributed by atoms with Crippen LogP contribution in [0.4, 0.5) is 0 Å². The number of carbonyl (C=O) groups is 2. The van der Waals surface area contributed by atoms with Crippen molar-refractivity contribution in [3.63, 3.8) is 0 Å². The van der Waals surface area contributed by atoms with Crippen LogP contribution in [0.1, 0.15) is 23.6 Å². The van der Waals surface area contributed by atoms with E-state index in [1.807, 2.05) is 0 Å². The molecule has 0 aliphatic carbocycles. The number of ketones is 1. The van der Waals surface area contributed by atoms with Gasteiger partial charge in [-0.2, -0.15) is 0 Å². The van der Waals surface area contributed by atoms with E-state index in [2.05, 4.69) is 6.58 Å². The minimum absolute atomic E-state index is 0.0531. The molecule has 1 aliphatic rings. The molecule has 1 fully saturated rings. The molecule has 1 N–H and O–H groups in total. The normalized spacial score (nSPS) is 17.4. The highest BCUT2D eigenvalue weighted by molar-refractivity contribution is 6.46. The van der Waals surface area contributed by atoms with E-state index in [-0.39, 0.29) is 11.3 Å². The summed E-state index contributed by atoms with van der Waals surface area (Å²) < 4.78 is 15.8. The third-order valence-corrected chi connectivity index (χ3v) is 5.21. The highest BCUT2D eigenvalue weighted by Crippen LogP contribution is 2.40. The molecule has 1 saturated heterocycles. The lowest BCUT2D eigenvalue weighted by molar-refractivity contribution is -0.140. The monoisotopic (exact) mass is 437 g/mol. The van der Waals surface area contributed by atoms with Crippen LogP contribution < -0.4 is 9.47 Å². The van der Waals surface area contributed by atoms with Crippen LogP contribution in [0.3, 0.4) is 0 Å². The molecule has 1 atom stereocenters. The van der Waals surface area contributed by atoms with Crippen molar-refractivity contribution in [3.05, 3.63) is 77.9 Å². The lowest BCUT2D eigenvalue weighted by atomic mass is 9.95. The van der Waals surface area contributed by atoms with Gasteiger partial charge in [0.2, 0.25) is 0 Å². The number of benzene rings is 2. The third-order valence-electron chi connectivity index (χ3n) is 5.21. The first kappa shape index (κ1) is 23.1. The summed E-state index contributed by atoms with van der Waals surface area (Å²) in [5, 5.41) is 11.0. The van der Waals surface area contributed by atoms with Crippen molar-refractivity contribution in [1.82, 2.24) is 4.90 Å². The summed E-state index contributed by atoms with van der Waals surface area (Å²) in [4.78, 5) is 27.3. The van der Waals surface area contributed by atoms with Crippen LogP contribution in [0.2, 0.25) is 0 Å². The Kier molecular flexibility index (Phi) is 7.68. The van der Waals surface area contributed by atoms with Crippen LogP contribution in [-0.4, -0.2) is 55.7 Å². The number of methoxy groups -OCH3 is 2. The molecule has 0 spiro atoms. The first-order valence-corrected chi connectivity index (χ1v) is 10.3. The lowest BCUT2D eigenvalue weighted by Gasteiger charge is -2.25. The summed E-state index contributed by atoms with van der Waals surface area (Å²) in [7, 11) is 3.13. The molecule has 2 aromatic carbocycles. The van der Waals surface area contributed by atoms with Crippen molar-refractivity contribution in [2.45, 2.75) is 12.5 Å². The van der Waals surface area contributed by atoms with Gasteiger partial charge >= 0.3 is 0 Å². The Hall–Kier alpha value is -3.58. The quantitative estimate of drug-likeness (QED) is 0.201. The molecule has 0 bridgehead atoms. The van der Waals surface area contributed by atoms with Gasteiger partial charge in [-0.1, -0.05) is 24.8 Å². The fraction of sp³-hybridized carbons (Fsp3) is 0.280. The molecular formula is C25H27NO6. The number of amides is 1. The number of rotatable bonds is 10. The standard InChI is InChI=1S/C25H27NO6/c1-4-15-32-20-12-6-17(7-13-20)22-21(23(27)18-8-10-19(31-3)11-9-18)24(28)25(29)26(22)14-5-16-30-2/h4,6-13,22,27H,1,5,14-16H2,2-3H3/b23-21+/t22-/m1/s1. The number of likely N-dealkylation sites (tertiary alicyclic amines) is 1. The summed E-state index contributed by atoms with van der Waals surface area (Å²) in [6.45, 7) is 4.76. The molecule has 0 aromatic heterocycles. The number of carbonyl (C=O) groups excluding carboxylic acids is 2. The largest absolute Gasteiger partial charge is 0.507 e. The van der Waals surface area contributed by atoms with Crippen LogP contribution in [0.5, 0.6) is 11.5 Å². The molecule has 1 heterocycles. The van der Waals surface area contributed by atoms with Crippen LogP contribution in [0, 0.1) is 0 Å². The van der Waals surface area contributed by atoms with Gasteiger partial charge in [0, 0.05) is 25.8 Å². The number of hydrogen-bond acceptors (Lipinski definition) is 6. The number of aliphatic hydroxyl groups is 1. The van der Waals surface area contributed by atoms with Crippen LogP contribution in [0.15, 0.2) is 66.8 Å². The Balaban J connectivity index is 2.04. The van der Waals surface area contributed by atoms with Gasteiger partial charge in [0.15, 0.2) is 0 Å². The predicted molar refractivity (Wildman–Crippen MR) is 121 cm³/mol. The van der Waals surface area contributed by atoms with Gasteiger partial charge in [-0.05, 0) is 48.4 Å². The Morgan fingerprint density at radius 3 is 2.31 bits per heavy atom. The molecule has 0 radical (unpaired) electrons. The molecule has 32 heavy (non-hydrogen) atoms. The van der Waals surface area contributed by atoms with E-state index in [1.54, 1.807) is 68.8 Å². The molecule has 168 valence electrons. The molecule has 1 aliphatic heterocycles. The fourth-order valence-corrected chi connectivity index (χ4v) is 3.64. The van der Waals surface area contributed by atoms with Gasteiger partial charge in [-0.3, -0.25) is 9.59 Å². The number of Topliss-reactive ketones (excluding diaryl/α,β-unsaturated/α-hetero) is 1. The second kappa shape index (κ2) is 10.6. The topological polar surface area (TPSA) is 85.3 Å². The zero-order chi connectivity index (χ0) is 23.1. The first-order valence-electron chi connectivity index (χ1n) is 10.3. The van der Waals surface area contributed by atoms with Crippen molar-refractivity contribution in [2.75, 3.05) is 34.0 Å². The summed E-state index contributed by atoms with van der Waals surface area (Å²) in [6.07, 6.45) is 2.20. The molecule has 3 rings (SSSR count). The number of aliphatic hydroxyl groups excluding tert-OH is 1. The fourth-order valence-electron chi connectivity index (χ4n) is 3.64. The summed E-state index contributed by atoms with van der Waals surface area (Å²) in [5.41, 5.74) is 1.18. The highest BCUT2D eigenvalue weighted by atomic mass is 16.5. The molecule has 7 nitrogen and oxygen atoms in total. The van der Waals surface area contributed by atoms with Crippen molar-refractivity contribution in [2.24, 2.45) is 0 Å². The van der Waals surface area contributed by atoms with E-state index in [0.29, 0.717) is 48.8 Å². The minimum atomic E-state index is -0.720. The minimum Gasteiger partial charge on any atom is -0.507 e. The first-order chi connectivity index (χ1) is 15.5. The van der Waals surface area contributed by atoms with Gasteiger partial charge in [0.1, 0.15) is 23.9 Å². The Labute approximate surface area is 187 Å². The van der Waals surface area contributed by atoms with E-state index in [4.69, 9.17) is 14.2 Å². The Morgan fingerprint density at radius 2 is 1.72 bits per heavy atom. The molecule has 0 saturated carbocycles. The molecular weight excluding hydrogens is 410 g/mol. The van der Waals surface area contributed by atoms with Gasteiger partial charge < -0.3 is 24.2 Å². The second-order valence-electron chi connectivity index (χ2n) is 7.24. The average Bonchev–Trinajstić information content (AvgIpc) is 3.08. The van der Waals surface area contributed by atoms with Gasteiger partial charge in [-0.15, -0.1) is 0 Å². The van der Waals surface area contributed by atoms with Crippen molar-refractivity contribution < 1.29 is 28.9 Å². The second-order valence-corrected chi connectivity index (χ2v) is 7.24. The van der Waals surface area contributed by atoms with Crippen LogP contribution in [-0.2, 0) is 14.3 Å². The lowest BCUT2D eigenvalue weighted by Crippen LogP contribution is -2.31.